The molecule has 0 aromatic heterocycles. The number of carbonyl (C=O) groups is 1. The third-order valence-corrected chi connectivity index (χ3v) is 3.44. The molecule has 2 N–H and O–H groups in total. The molecule has 126 valence electrons. The highest BCUT2D eigenvalue weighted by atomic mass is 32.1. The van der Waals surface area contributed by atoms with Crippen molar-refractivity contribution in [2.45, 2.75) is 6.54 Å². The maximum atomic E-state index is 12.1. The van der Waals surface area contributed by atoms with Crippen molar-refractivity contribution in [1.29, 1.82) is 0 Å². The Morgan fingerprint density at radius 2 is 1.75 bits per heavy atom. The highest BCUT2D eigenvalue weighted by Crippen LogP contribution is 2.12. The van der Waals surface area contributed by atoms with Crippen LogP contribution in [0.4, 0.5) is 0 Å². The molecule has 2 aromatic rings. The highest BCUT2D eigenvalue weighted by Gasteiger charge is 2.08. The zero-order valence-electron chi connectivity index (χ0n) is 13.5. The molecule has 0 heterocycles. The second-order valence-electron chi connectivity index (χ2n) is 4.99. The number of ether oxygens (including phenoxy) is 2. The summed E-state index contributed by atoms with van der Waals surface area (Å²) in [4.78, 5) is 12.1. The third kappa shape index (κ3) is 5.98. The Morgan fingerprint density at radius 3 is 2.42 bits per heavy atom. The van der Waals surface area contributed by atoms with E-state index in [9.17, 15) is 4.79 Å². The second kappa shape index (κ2) is 9.64. The predicted octanol–water partition coefficient (Wildman–Crippen LogP) is 2.52. The Hall–Kier alpha value is -2.44. The SMILES string of the molecule is COCCOc1ccc(C(=O)NC(=S)NCc2ccccc2)cc1. The van der Waals surface area contributed by atoms with Crippen molar-refractivity contribution in [2.75, 3.05) is 20.3 Å². The van der Waals surface area contributed by atoms with E-state index in [4.69, 9.17) is 21.7 Å². The Labute approximate surface area is 147 Å². The molecule has 24 heavy (non-hydrogen) atoms. The summed E-state index contributed by atoms with van der Waals surface area (Å²) in [5.41, 5.74) is 1.60. The van der Waals surface area contributed by atoms with Gasteiger partial charge in [0.15, 0.2) is 5.11 Å². The maximum absolute atomic E-state index is 12.1. The number of benzene rings is 2. The molecule has 2 rings (SSSR count). The number of amides is 1. The molecule has 0 saturated carbocycles. The highest BCUT2D eigenvalue weighted by molar-refractivity contribution is 7.80. The van der Waals surface area contributed by atoms with E-state index in [2.05, 4.69) is 10.6 Å². The van der Waals surface area contributed by atoms with Gasteiger partial charge >= 0.3 is 0 Å². The van der Waals surface area contributed by atoms with Gasteiger partial charge in [0.05, 0.1) is 6.61 Å². The second-order valence-corrected chi connectivity index (χ2v) is 5.40. The zero-order chi connectivity index (χ0) is 17.2. The summed E-state index contributed by atoms with van der Waals surface area (Å²) >= 11 is 5.14. The molecule has 0 unspecified atom stereocenters. The van der Waals surface area contributed by atoms with Gasteiger partial charge in [0.1, 0.15) is 12.4 Å². The first-order valence-electron chi connectivity index (χ1n) is 7.54. The van der Waals surface area contributed by atoms with Crippen LogP contribution in [-0.2, 0) is 11.3 Å². The molecule has 0 fully saturated rings. The number of hydrogen-bond acceptors (Lipinski definition) is 4. The first kappa shape index (κ1) is 17.9. The van der Waals surface area contributed by atoms with Gasteiger partial charge in [-0.1, -0.05) is 30.3 Å². The minimum absolute atomic E-state index is 0.260. The lowest BCUT2D eigenvalue weighted by molar-refractivity contribution is 0.0976. The van der Waals surface area contributed by atoms with Gasteiger partial charge in [-0.05, 0) is 42.0 Å². The number of hydrogen-bond donors (Lipinski definition) is 2. The summed E-state index contributed by atoms with van der Waals surface area (Å²) in [6.07, 6.45) is 0. The van der Waals surface area contributed by atoms with E-state index in [0.717, 1.165) is 5.56 Å². The molecule has 5 nitrogen and oxygen atoms in total. The summed E-state index contributed by atoms with van der Waals surface area (Å²) in [5, 5.41) is 5.96. The zero-order valence-corrected chi connectivity index (χ0v) is 14.3. The van der Waals surface area contributed by atoms with Crippen LogP contribution in [0.25, 0.3) is 0 Å². The van der Waals surface area contributed by atoms with Crippen LogP contribution in [0, 0.1) is 0 Å². The fourth-order valence-corrected chi connectivity index (χ4v) is 2.11. The quantitative estimate of drug-likeness (QED) is 0.597. The summed E-state index contributed by atoms with van der Waals surface area (Å²) < 4.78 is 10.4. The van der Waals surface area contributed by atoms with Crippen molar-refractivity contribution in [2.24, 2.45) is 0 Å². The van der Waals surface area contributed by atoms with Gasteiger partial charge in [-0.25, -0.2) is 0 Å². The van der Waals surface area contributed by atoms with Crippen LogP contribution < -0.4 is 15.4 Å². The predicted molar refractivity (Wildman–Crippen MR) is 97.2 cm³/mol. The Bertz CT molecular complexity index is 660. The summed E-state index contributed by atoms with van der Waals surface area (Å²) in [6, 6.07) is 16.7. The molecule has 1 amide bonds. The molecule has 0 aliphatic heterocycles. The molecule has 0 aliphatic rings. The molecule has 0 radical (unpaired) electrons. The van der Waals surface area contributed by atoms with Crippen LogP contribution in [0.15, 0.2) is 54.6 Å². The van der Waals surface area contributed by atoms with Crippen molar-refractivity contribution < 1.29 is 14.3 Å². The largest absolute Gasteiger partial charge is 0.491 e. The van der Waals surface area contributed by atoms with E-state index in [1.807, 2.05) is 30.3 Å². The van der Waals surface area contributed by atoms with Gasteiger partial charge in [0.2, 0.25) is 0 Å². The molecule has 2 aromatic carbocycles. The van der Waals surface area contributed by atoms with E-state index >= 15 is 0 Å². The van der Waals surface area contributed by atoms with E-state index < -0.39 is 0 Å². The van der Waals surface area contributed by atoms with Crippen LogP contribution >= 0.6 is 12.2 Å². The van der Waals surface area contributed by atoms with Gasteiger partial charge in [-0.15, -0.1) is 0 Å². The fourth-order valence-electron chi connectivity index (χ4n) is 1.94. The van der Waals surface area contributed by atoms with Gasteiger partial charge < -0.3 is 14.8 Å². The molecule has 6 heteroatoms. The van der Waals surface area contributed by atoms with Gasteiger partial charge in [-0.2, -0.15) is 0 Å². The summed E-state index contributed by atoms with van der Waals surface area (Å²) in [6.45, 7) is 1.55. The topological polar surface area (TPSA) is 59.6 Å². The standard InChI is InChI=1S/C18H20N2O3S/c1-22-11-12-23-16-9-7-15(8-10-16)17(21)20-18(24)19-13-14-5-3-2-4-6-14/h2-10H,11-13H2,1H3,(H2,19,20,21,24). The first-order valence-corrected chi connectivity index (χ1v) is 7.95. The van der Waals surface area contributed by atoms with Crippen molar-refractivity contribution in [3.8, 4) is 5.75 Å². The van der Waals surface area contributed by atoms with Crippen LogP contribution in [-0.4, -0.2) is 31.3 Å². The number of nitrogens with one attached hydrogen (secondary N) is 2. The van der Waals surface area contributed by atoms with Gasteiger partial charge in [-0.3, -0.25) is 10.1 Å². The molecule has 0 bridgehead atoms. The van der Waals surface area contributed by atoms with E-state index in [1.54, 1.807) is 31.4 Å². The van der Waals surface area contributed by atoms with Gasteiger partial charge in [0.25, 0.3) is 5.91 Å². The van der Waals surface area contributed by atoms with Crippen LogP contribution in [0.5, 0.6) is 5.75 Å². The number of carbonyl (C=O) groups excluding carboxylic acids is 1. The minimum Gasteiger partial charge on any atom is -0.491 e. The van der Waals surface area contributed by atoms with E-state index in [-0.39, 0.29) is 5.91 Å². The molecular formula is C18H20N2O3S. The lowest BCUT2D eigenvalue weighted by atomic mass is 10.2. The smallest absolute Gasteiger partial charge is 0.257 e. The van der Waals surface area contributed by atoms with Gasteiger partial charge in [0, 0.05) is 19.2 Å². The van der Waals surface area contributed by atoms with E-state index in [1.165, 1.54) is 0 Å². The molecule has 0 spiro atoms. The van der Waals surface area contributed by atoms with Crippen LogP contribution in [0.2, 0.25) is 0 Å². The Morgan fingerprint density at radius 1 is 1.04 bits per heavy atom. The summed E-state index contributed by atoms with van der Waals surface area (Å²) in [5.74, 6) is 0.428. The molecule has 0 aliphatic carbocycles. The third-order valence-electron chi connectivity index (χ3n) is 3.20. The van der Waals surface area contributed by atoms with Crippen molar-refractivity contribution in [3.63, 3.8) is 0 Å². The Balaban J connectivity index is 1.79. The molecule has 0 saturated heterocycles. The van der Waals surface area contributed by atoms with Crippen molar-refractivity contribution in [1.82, 2.24) is 10.6 Å². The van der Waals surface area contributed by atoms with Crippen molar-refractivity contribution >= 4 is 23.2 Å². The minimum atomic E-state index is -0.260. The maximum Gasteiger partial charge on any atom is 0.257 e. The number of thiocarbonyl (C=S) groups is 1. The first-order chi connectivity index (χ1) is 11.7. The van der Waals surface area contributed by atoms with Crippen LogP contribution in [0.3, 0.4) is 0 Å². The fraction of sp³-hybridized carbons (Fsp3) is 0.222. The molecule has 0 atom stereocenters. The van der Waals surface area contributed by atoms with E-state index in [0.29, 0.717) is 36.2 Å². The average Bonchev–Trinajstić information content (AvgIpc) is 2.61. The van der Waals surface area contributed by atoms with Crippen LogP contribution in [0.1, 0.15) is 15.9 Å². The molecular weight excluding hydrogens is 324 g/mol. The Kier molecular flexibility index (Phi) is 7.20. The normalized spacial score (nSPS) is 10.0. The average molecular weight is 344 g/mol. The number of methoxy groups -OCH3 is 1. The number of rotatable bonds is 7. The summed E-state index contributed by atoms with van der Waals surface area (Å²) in [7, 11) is 1.62. The lowest BCUT2D eigenvalue weighted by Crippen LogP contribution is -2.38. The monoisotopic (exact) mass is 344 g/mol. The lowest BCUT2D eigenvalue weighted by Gasteiger charge is -2.10. The van der Waals surface area contributed by atoms with Crippen molar-refractivity contribution in [3.05, 3.63) is 65.7 Å².